The second-order valence-electron chi connectivity index (χ2n) is 8.82. The van der Waals surface area contributed by atoms with Crippen molar-refractivity contribution >= 4 is 17.6 Å². The molecule has 0 spiro atoms. The van der Waals surface area contributed by atoms with E-state index >= 15 is 0 Å². The number of hydrogen-bond donors (Lipinski definition) is 2. The smallest absolute Gasteiger partial charge is 0.331 e. The summed E-state index contributed by atoms with van der Waals surface area (Å²) in [5.41, 5.74) is 2.03. The molecule has 2 aliphatic carbocycles. The second-order valence-corrected chi connectivity index (χ2v) is 9.38. The molecule has 5 nitrogen and oxygen atoms in total. The van der Waals surface area contributed by atoms with Crippen molar-refractivity contribution in [3.8, 4) is 0 Å². The average molecular weight is 451 g/mol. The minimum Gasteiger partial charge on any atom is -0.467 e. The lowest BCUT2D eigenvalue weighted by Gasteiger charge is -2.27. The largest absolute Gasteiger partial charge is 0.467 e. The van der Waals surface area contributed by atoms with Crippen LogP contribution in [0.15, 0.2) is 36.4 Å². The van der Waals surface area contributed by atoms with E-state index in [1.807, 2.05) is 36.4 Å². The zero-order valence-electron chi connectivity index (χ0n) is 18.3. The van der Waals surface area contributed by atoms with Gasteiger partial charge in [-0.25, -0.2) is 4.79 Å². The number of aliphatic hydroxyl groups is 2. The summed E-state index contributed by atoms with van der Waals surface area (Å²) in [6, 6.07) is 8.10. The molecule has 0 aromatic heterocycles. The monoisotopic (exact) mass is 450 g/mol. The molecule has 172 valence electrons. The lowest BCUT2D eigenvalue weighted by molar-refractivity contribution is -0.145. The first kappa shape index (κ1) is 24.2. The minimum absolute atomic E-state index is 0.0380. The Hall–Kier alpha value is -1.40. The van der Waals surface area contributed by atoms with Crippen LogP contribution in [-0.4, -0.2) is 48.0 Å². The summed E-state index contributed by atoms with van der Waals surface area (Å²) in [5, 5.41) is 21.3. The number of aliphatic hydroxyl groups excluding tert-OH is 2. The maximum Gasteiger partial charge on any atom is 0.331 e. The molecule has 0 saturated heterocycles. The van der Waals surface area contributed by atoms with Crippen LogP contribution in [-0.2, 0) is 14.3 Å². The molecule has 0 aliphatic heterocycles. The Morgan fingerprint density at radius 1 is 1.19 bits per heavy atom. The van der Waals surface area contributed by atoms with Gasteiger partial charge >= 0.3 is 5.97 Å². The number of halogens is 1. The van der Waals surface area contributed by atoms with E-state index in [0.29, 0.717) is 18.9 Å². The van der Waals surface area contributed by atoms with Crippen molar-refractivity contribution in [1.82, 2.24) is 0 Å². The summed E-state index contributed by atoms with van der Waals surface area (Å²) in [7, 11) is 1.33. The third kappa shape index (κ3) is 6.55. The number of carbonyl (C=O) groups is 1. The van der Waals surface area contributed by atoms with Gasteiger partial charge in [0.05, 0.1) is 25.9 Å². The van der Waals surface area contributed by atoms with Gasteiger partial charge in [0, 0.05) is 11.3 Å². The Kier molecular flexibility index (Phi) is 9.39. The predicted octanol–water partition coefficient (Wildman–Crippen LogP) is 4.51. The molecule has 5 atom stereocenters. The van der Waals surface area contributed by atoms with Crippen molar-refractivity contribution in [2.24, 2.45) is 11.8 Å². The summed E-state index contributed by atoms with van der Waals surface area (Å²) in [4.78, 5) is 11.1. The zero-order valence-corrected chi connectivity index (χ0v) is 19.0. The number of benzene rings is 1. The maximum atomic E-state index is 11.1. The number of hydrogen-bond acceptors (Lipinski definition) is 5. The van der Waals surface area contributed by atoms with Gasteiger partial charge in [0.25, 0.3) is 0 Å². The Balaban J connectivity index is 1.59. The topological polar surface area (TPSA) is 76.0 Å². The average Bonchev–Trinajstić information content (AvgIpc) is 3.08. The SMILES string of the molecule is COC(=O)COC/C=C\C[C@@H]1[C@@H](c2ccc(C(O)C3CCCCC3)cc2)[C@H](O)C[C@@H]1Cl. The van der Waals surface area contributed by atoms with Gasteiger partial charge in [0.2, 0.25) is 0 Å². The molecule has 31 heavy (non-hydrogen) atoms. The standard InChI is InChI=1S/C25H35ClO5/c1-30-23(28)16-31-14-6-5-9-20-21(26)15-22(27)24(20)17-10-12-19(13-11-17)25(29)18-7-3-2-4-8-18/h5-6,10-13,18,20-22,24-25,27,29H,2-4,7-9,14-16H2,1H3/b6-5-/t20-,21-,22+,24+,25?/m0/s1. The number of rotatable bonds is 9. The normalized spacial score (nSPS) is 28.1. The van der Waals surface area contributed by atoms with Gasteiger partial charge in [-0.1, -0.05) is 55.7 Å². The highest BCUT2D eigenvalue weighted by molar-refractivity contribution is 6.21. The molecular formula is C25H35ClO5. The fraction of sp³-hybridized carbons (Fsp3) is 0.640. The van der Waals surface area contributed by atoms with E-state index in [9.17, 15) is 15.0 Å². The molecule has 6 heteroatoms. The first-order chi connectivity index (χ1) is 15.0. The highest BCUT2D eigenvalue weighted by Gasteiger charge is 2.41. The molecular weight excluding hydrogens is 416 g/mol. The molecule has 1 unspecified atom stereocenters. The highest BCUT2D eigenvalue weighted by Crippen LogP contribution is 2.45. The van der Waals surface area contributed by atoms with Gasteiger partial charge in [0.15, 0.2) is 0 Å². The van der Waals surface area contributed by atoms with Gasteiger partial charge in [0.1, 0.15) is 6.61 Å². The number of methoxy groups -OCH3 is 1. The quantitative estimate of drug-likeness (QED) is 0.250. The van der Waals surface area contributed by atoms with Crippen LogP contribution >= 0.6 is 11.6 Å². The molecule has 1 aromatic carbocycles. The van der Waals surface area contributed by atoms with Crippen LogP contribution in [0.2, 0.25) is 0 Å². The third-order valence-corrected chi connectivity index (χ3v) is 7.30. The van der Waals surface area contributed by atoms with Gasteiger partial charge in [-0.3, -0.25) is 0 Å². The van der Waals surface area contributed by atoms with Crippen molar-refractivity contribution in [2.75, 3.05) is 20.3 Å². The molecule has 0 bridgehead atoms. The number of allylic oxidation sites excluding steroid dienone is 1. The minimum atomic E-state index is -0.481. The van der Waals surface area contributed by atoms with E-state index in [4.69, 9.17) is 16.3 Å². The number of carbonyl (C=O) groups excluding carboxylic acids is 1. The van der Waals surface area contributed by atoms with Crippen LogP contribution in [0.5, 0.6) is 0 Å². The number of ether oxygens (including phenoxy) is 2. The summed E-state index contributed by atoms with van der Waals surface area (Å²) < 4.78 is 9.76. The van der Waals surface area contributed by atoms with Crippen molar-refractivity contribution in [3.63, 3.8) is 0 Å². The van der Waals surface area contributed by atoms with E-state index < -0.39 is 18.2 Å². The molecule has 0 amide bonds. The molecule has 2 N–H and O–H groups in total. The van der Waals surface area contributed by atoms with Crippen molar-refractivity contribution in [1.29, 1.82) is 0 Å². The van der Waals surface area contributed by atoms with E-state index in [1.54, 1.807) is 0 Å². The lowest BCUT2D eigenvalue weighted by Crippen LogP contribution is -2.19. The highest BCUT2D eigenvalue weighted by atomic mass is 35.5. The first-order valence-electron chi connectivity index (χ1n) is 11.4. The van der Waals surface area contributed by atoms with Crippen LogP contribution in [0.3, 0.4) is 0 Å². The van der Waals surface area contributed by atoms with Crippen LogP contribution in [0, 0.1) is 11.8 Å². The first-order valence-corrected chi connectivity index (χ1v) is 11.8. The second kappa shape index (κ2) is 12.0. The van der Waals surface area contributed by atoms with Crippen LogP contribution in [0.25, 0.3) is 0 Å². The van der Waals surface area contributed by atoms with E-state index in [0.717, 1.165) is 30.4 Å². The molecule has 3 rings (SSSR count). The molecule has 0 radical (unpaired) electrons. The number of alkyl halides is 1. The Morgan fingerprint density at radius 2 is 1.90 bits per heavy atom. The third-order valence-electron chi connectivity index (χ3n) is 6.80. The van der Waals surface area contributed by atoms with E-state index in [-0.39, 0.29) is 23.8 Å². The Bertz CT molecular complexity index is 713. The van der Waals surface area contributed by atoms with Crippen molar-refractivity contribution in [3.05, 3.63) is 47.5 Å². The van der Waals surface area contributed by atoms with Gasteiger partial charge in [-0.2, -0.15) is 0 Å². The van der Waals surface area contributed by atoms with Crippen LogP contribution in [0.1, 0.15) is 68.1 Å². The van der Waals surface area contributed by atoms with E-state index in [1.165, 1.54) is 26.4 Å². The summed E-state index contributed by atoms with van der Waals surface area (Å²) in [6.07, 6.45) is 10.1. The van der Waals surface area contributed by atoms with Crippen LogP contribution < -0.4 is 0 Å². The summed E-state index contributed by atoms with van der Waals surface area (Å²) >= 11 is 6.58. The molecule has 0 heterocycles. The Labute approximate surface area is 190 Å². The maximum absolute atomic E-state index is 11.1. The summed E-state index contributed by atoms with van der Waals surface area (Å²) in [6.45, 7) is 0.262. The predicted molar refractivity (Wildman–Crippen MR) is 121 cm³/mol. The molecule has 1 aromatic rings. The van der Waals surface area contributed by atoms with Crippen LogP contribution in [0.4, 0.5) is 0 Å². The zero-order chi connectivity index (χ0) is 22.2. The van der Waals surface area contributed by atoms with E-state index in [2.05, 4.69) is 4.74 Å². The van der Waals surface area contributed by atoms with Gasteiger partial charge in [-0.05, 0) is 48.6 Å². The molecule has 2 aliphatic rings. The van der Waals surface area contributed by atoms with Crippen molar-refractivity contribution in [2.45, 2.75) is 68.4 Å². The lowest BCUT2D eigenvalue weighted by atomic mass is 9.81. The molecule has 2 saturated carbocycles. The number of esters is 1. The fourth-order valence-electron chi connectivity index (χ4n) is 5.05. The Morgan fingerprint density at radius 3 is 2.58 bits per heavy atom. The summed E-state index contributed by atoms with van der Waals surface area (Å²) in [5.74, 6) is 0.0279. The van der Waals surface area contributed by atoms with Gasteiger partial charge in [-0.15, -0.1) is 11.6 Å². The fourth-order valence-corrected chi connectivity index (χ4v) is 5.50. The van der Waals surface area contributed by atoms with Gasteiger partial charge < -0.3 is 19.7 Å². The van der Waals surface area contributed by atoms with Crippen molar-refractivity contribution < 1.29 is 24.5 Å². The molecule has 2 fully saturated rings.